The number of benzene rings is 1. The van der Waals surface area contributed by atoms with Crippen LogP contribution in [0.5, 0.6) is 0 Å². The Morgan fingerprint density at radius 1 is 1.31 bits per heavy atom. The normalized spacial score (nSPS) is 12.8. The van der Waals surface area contributed by atoms with Crippen molar-refractivity contribution in [3.63, 3.8) is 0 Å². The van der Waals surface area contributed by atoms with Gasteiger partial charge < -0.3 is 5.32 Å². The van der Waals surface area contributed by atoms with E-state index >= 15 is 0 Å². The van der Waals surface area contributed by atoms with Crippen LogP contribution in [0.4, 0.5) is 0 Å². The number of hydrogen-bond acceptors (Lipinski definition) is 1. The minimum absolute atomic E-state index is 0.422. The van der Waals surface area contributed by atoms with Crippen molar-refractivity contribution in [2.24, 2.45) is 0 Å². The third kappa shape index (κ3) is 3.79. The van der Waals surface area contributed by atoms with Crippen molar-refractivity contribution < 1.29 is 0 Å². The van der Waals surface area contributed by atoms with Crippen LogP contribution in [0.2, 0.25) is 0 Å². The fourth-order valence-corrected chi connectivity index (χ4v) is 1.63. The van der Waals surface area contributed by atoms with Gasteiger partial charge in [-0.1, -0.05) is 44.0 Å². The summed E-state index contributed by atoms with van der Waals surface area (Å²) in [7, 11) is 0. The summed E-state index contributed by atoms with van der Waals surface area (Å²) in [6, 6.07) is 8.83. The lowest BCUT2D eigenvalue weighted by atomic mass is 10.1. The lowest BCUT2D eigenvalue weighted by Gasteiger charge is -2.12. The van der Waals surface area contributed by atoms with Gasteiger partial charge in [0.15, 0.2) is 0 Å². The molecule has 13 heavy (non-hydrogen) atoms. The van der Waals surface area contributed by atoms with Crippen molar-refractivity contribution in [2.75, 3.05) is 11.9 Å². The first-order valence-corrected chi connectivity index (χ1v) is 6.20. The van der Waals surface area contributed by atoms with Crippen molar-refractivity contribution in [1.29, 1.82) is 0 Å². The van der Waals surface area contributed by atoms with E-state index in [1.54, 1.807) is 0 Å². The molecule has 3 heteroatoms. The Morgan fingerprint density at radius 2 is 1.92 bits per heavy atom. The van der Waals surface area contributed by atoms with Crippen molar-refractivity contribution in [1.82, 2.24) is 5.32 Å². The van der Waals surface area contributed by atoms with Crippen LogP contribution in [0.15, 0.2) is 28.7 Å². The molecule has 0 aliphatic heterocycles. The lowest BCUT2D eigenvalue weighted by molar-refractivity contribution is 0.602. The monoisotopic (exact) mass is 305 g/mol. The van der Waals surface area contributed by atoms with Crippen LogP contribution in [0.25, 0.3) is 0 Å². The van der Waals surface area contributed by atoms with Gasteiger partial charge in [0.2, 0.25) is 0 Å². The maximum absolute atomic E-state index is 3.42. The third-order valence-electron chi connectivity index (χ3n) is 1.92. The van der Waals surface area contributed by atoms with Crippen LogP contribution in [0.1, 0.15) is 18.5 Å². The highest BCUT2D eigenvalue weighted by molar-refractivity contribution is 9.10. The molecular formula is C10H13Br2N. The highest BCUT2D eigenvalue weighted by atomic mass is 79.9. The van der Waals surface area contributed by atoms with Crippen molar-refractivity contribution in [3.8, 4) is 0 Å². The van der Waals surface area contributed by atoms with E-state index in [1.807, 2.05) is 0 Å². The van der Waals surface area contributed by atoms with Crippen LogP contribution >= 0.6 is 31.9 Å². The van der Waals surface area contributed by atoms with Gasteiger partial charge in [-0.2, -0.15) is 0 Å². The molecule has 0 saturated carbocycles. The summed E-state index contributed by atoms with van der Waals surface area (Å²) in [5.74, 6) is 0. The Balaban J connectivity index is 2.55. The van der Waals surface area contributed by atoms with Gasteiger partial charge >= 0.3 is 0 Å². The summed E-state index contributed by atoms with van der Waals surface area (Å²) < 4.78 is 1.13. The molecule has 72 valence electrons. The Labute approximate surface area is 96.2 Å². The summed E-state index contributed by atoms with van der Waals surface area (Å²) in [5.41, 5.74) is 1.32. The molecule has 0 aliphatic rings. The van der Waals surface area contributed by atoms with Crippen LogP contribution in [-0.2, 0) is 0 Å². The summed E-state index contributed by atoms with van der Waals surface area (Å²) >= 11 is 6.81. The molecule has 0 spiro atoms. The number of rotatable bonds is 4. The number of halogens is 2. The zero-order valence-corrected chi connectivity index (χ0v) is 10.7. The molecule has 0 saturated heterocycles. The molecule has 0 amide bonds. The number of alkyl halides is 1. The van der Waals surface area contributed by atoms with E-state index in [0.717, 1.165) is 16.3 Å². The van der Waals surface area contributed by atoms with E-state index < -0.39 is 0 Å². The molecule has 1 aromatic carbocycles. The smallest absolute Gasteiger partial charge is 0.0292 e. The van der Waals surface area contributed by atoms with E-state index in [2.05, 4.69) is 68.4 Å². The molecule has 0 fully saturated rings. The maximum Gasteiger partial charge on any atom is 0.0292 e. The molecular weight excluding hydrogens is 294 g/mol. The fraction of sp³-hybridized carbons (Fsp3) is 0.400. The first kappa shape index (κ1) is 11.2. The quantitative estimate of drug-likeness (QED) is 0.840. The van der Waals surface area contributed by atoms with E-state index in [-0.39, 0.29) is 0 Å². The summed E-state index contributed by atoms with van der Waals surface area (Å²) in [5, 5.41) is 4.40. The molecule has 0 aromatic heterocycles. The molecule has 1 nitrogen and oxygen atoms in total. The average Bonchev–Trinajstić information content (AvgIpc) is 2.15. The molecule has 1 rings (SSSR count). The second-order valence-corrected chi connectivity index (χ2v) is 4.63. The van der Waals surface area contributed by atoms with Gasteiger partial charge in [0.25, 0.3) is 0 Å². The van der Waals surface area contributed by atoms with E-state index in [4.69, 9.17) is 0 Å². The molecule has 0 heterocycles. The highest BCUT2D eigenvalue weighted by Crippen LogP contribution is 2.16. The predicted molar refractivity (Wildman–Crippen MR) is 64.4 cm³/mol. The standard InChI is InChI=1S/C10H13Br2N/c1-8(13-7-6-11)9-2-4-10(12)5-3-9/h2-5,8,13H,6-7H2,1H3/t8-/m0/s1. The predicted octanol–water partition coefficient (Wildman–Crippen LogP) is 3.49. The third-order valence-corrected chi connectivity index (χ3v) is 2.84. The van der Waals surface area contributed by atoms with E-state index in [0.29, 0.717) is 6.04 Å². The van der Waals surface area contributed by atoms with Crippen LogP contribution in [-0.4, -0.2) is 11.9 Å². The van der Waals surface area contributed by atoms with Gasteiger partial charge in [0, 0.05) is 22.4 Å². The Hall–Kier alpha value is 0.140. The Kier molecular flexibility index (Phi) is 4.99. The SMILES string of the molecule is C[C@H](NCCBr)c1ccc(Br)cc1. The van der Waals surface area contributed by atoms with Gasteiger partial charge in [-0.25, -0.2) is 0 Å². The molecule has 1 N–H and O–H groups in total. The maximum atomic E-state index is 3.42. The molecule has 1 atom stereocenters. The fourth-order valence-electron chi connectivity index (χ4n) is 1.14. The average molecular weight is 307 g/mol. The lowest BCUT2D eigenvalue weighted by Crippen LogP contribution is -2.20. The molecule has 1 aromatic rings. The minimum atomic E-state index is 0.422. The highest BCUT2D eigenvalue weighted by Gasteiger charge is 2.02. The second kappa shape index (κ2) is 5.78. The van der Waals surface area contributed by atoms with Crippen LogP contribution < -0.4 is 5.32 Å². The largest absolute Gasteiger partial charge is 0.309 e. The van der Waals surface area contributed by atoms with Gasteiger partial charge in [-0.05, 0) is 24.6 Å². The second-order valence-electron chi connectivity index (χ2n) is 2.92. The van der Waals surface area contributed by atoms with Crippen molar-refractivity contribution >= 4 is 31.9 Å². The number of nitrogens with one attached hydrogen (secondary N) is 1. The van der Waals surface area contributed by atoms with Crippen LogP contribution in [0.3, 0.4) is 0 Å². The first-order chi connectivity index (χ1) is 6.24. The van der Waals surface area contributed by atoms with Gasteiger partial charge in [-0.3, -0.25) is 0 Å². The number of hydrogen-bond donors (Lipinski definition) is 1. The molecule has 0 bridgehead atoms. The van der Waals surface area contributed by atoms with Gasteiger partial charge in [0.1, 0.15) is 0 Å². The zero-order chi connectivity index (χ0) is 9.68. The van der Waals surface area contributed by atoms with Crippen molar-refractivity contribution in [3.05, 3.63) is 34.3 Å². The molecule has 0 radical (unpaired) electrons. The minimum Gasteiger partial charge on any atom is -0.309 e. The summed E-state index contributed by atoms with van der Waals surface area (Å²) in [6.45, 7) is 3.17. The van der Waals surface area contributed by atoms with E-state index in [9.17, 15) is 0 Å². The topological polar surface area (TPSA) is 12.0 Å². The first-order valence-electron chi connectivity index (χ1n) is 4.29. The Morgan fingerprint density at radius 3 is 2.46 bits per heavy atom. The van der Waals surface area contributed by atoms with E-state index in [1.165, 1.54) is 5.56 Å². The van der Waals surface area contributed by atoms with Crippen LogP contribution in [0, 0.1) is 0 Å². The zero-order valence-electron chi connectivity index (χ0n) is 7.56. The molecule has 0 unspecified atom stereocenters. The molecule has 0 aliphatic carbocycles. The van der Waals surface area contributed by atoms with Crippen molar-refractivity contribution in [2.45, 2.75) is 13.0 Å². The summed E-state index contributed by atoms with van der Waals surface area (Å²) in [6.07, 6.45) is 0. The Bertz CT molecular complexity index is 246. The van der Waals surface area contributed by atoms with Gasteiger partial charge in [0.05, 0.1) is 0 Å². The summed E-state index contributed by atoms with van der Waals surface area (Å²) in [4.78, 5) is 0. The van der Waals surface area contributed by atoms with Gasteiger partial charge in [-0.15, -0.1) is 0 Å².